The van der Waals surface area contributed by atoms with E-state index in [0.717, 1.165) is 36.2 Å². The van der Waals surface area contributed by atoms with Crippen LogP contribution in [0, 0.1) is 0 Å². The first-order chi connectivity index (χ1) is 18.2. The normalized spacial score (nSPS) is 12.1. The molecule has 0 aliphatic heterocycles. The lowest BCUT2D eigenvalue weighted by Gasteiger charge is -2.14. The average Bonchev–Trinajstić information content (AvgIpc) is 3.42. The second-order valence-electron chi connectivity index (χ2n) is 10.1. The van der Waals surface area contributed by atoms with E-state index in [2.05, 4.69) is 77.7 Å². The van der Waals surface area contributed by atoms with Crippen LogP contribution in [0.15, 0.2) is 83.4 Å². The van der Waals surface area contributed by atoms with Gasteiger partial charge in [0.2, 0.25) is 0 Å². The summed E-state index contributed by atoms with van der Waals surface area (Å²) in [5.74, 6) is 1.37. The van der Waals surface area contributed by atoms with Crippen LogP contribution >= 0.6 is 0 Å². The minimum absolute atomic E-state index is 0.115. The van der Waals surface area contributed by atoms with Crippen molar-refractivity contribution in [3.63, 3.8) is 0 Å². The van der Waals surface area contributed by atoms with Crippen molar-refractivity contribution in [2.75, 3.05) is 0 Å². The lowest BCUT2D eigenvalue weighted by Crippen LogP contribution is -2.13. The predicted molar refractivity (Wildman–Crippen MR) is 153 cm³/mol. The number of hydrogen-bond acceptors (Lipinski definition) is 4. The number of rotatable bonds is 15. The van der Waals surface area contributed by atoms with Crippen molar-refractivity contribution in [2.24, 2.45) is 5.73 Å². The summed E-state index contributed by atoms with van der Waals surface area (Å²) in [6.07, 6.45) is 13.4. The number of nitrogens with zero attached hydrogens (tertiary/aromatic N) is 2. The zero-order chi connectivity index (χ0) is 25.7. The van der Waals surface area contributed by atoms with E-state index in [1.165, 1.54) is 68.1 Å². The lowest BCUT2D eigenvalue weighted by molar-refractivity contribution is 0.420. The number of aromatic nitrogens is 2. The topological polar surface area (TPSA) is 64.9 Å². The third-order valence-corrected chi connectivity index (χ3v) is 7.02. The maximum atomic E-state index is 6.64. The highest BCUT2D eigenvalue weighted by Crippen LogP contribution is 2.26. The van der Waals surface area contributed by atoms with E-state index in [0.29, 0.717) is 5.89 Å². The Bertz CT molecular complexity index is 1200. The smallest absolute Gasteiger partial charge is 0.257 e. The van der Waals surface area contributed by atoms with E-state index >= 15 is 0 Å². The van der Waals surface area contributed by atoms with Crippen molar-refractivity contribution in [3.8, 4) is 22.6 Å². The molecule has 3 aromatic carbocycles. The zero-order valence-corrected chi connectivity index (χ0v) is 22.2. The Hall–Kier alpha value is -3.24. The molecule has 1 atom stereocenters. The van der Waals surface area contributed by atoms with Crippen molar-refractivity contribution in [2.45, 2.75) is 83.6 Å². The standard InChI is InChI=1S/C33H41N3O/c1-2-3-4-5-6-7-8-9-13-22-32-35-33(37-36-32)30-21-15-20-29(25-30)31(34)24-26-16-14-19-28(23-26)27-17-11-10-12-18-27/h10-12,14-21,23,25,31H,2-9,13,22,24,34H2,1H3. The molecule has 0 aliphatic rings. The third kappa shape index (κ3) is 8.40. The first-order valence-electron chi connectivity index (χ1n) is 14.1. The molecule has 1 unspecified atom stereocenters. The molecule has 0 spiro atoms. The molecule has 0 saturated heterocycles. The number of benzene rings is 3. The summed E-state index contributed by atoms with van der Waals surface area (Å²) in [5, 5.41) is 4.22. The number of nitrogens with two attached hydrogens (primary N) is 1. The van der Waals surface area contributed by atoms with Gasteiger partial charge in [-0.15, -0.1) is 0 Å². The fourth-order valence-corrected chi connectivity index (χ4v) is 4.85. The van der Waals surface area contributed by atoms with Gasteiger partial charge in [0.25, 0.3) is 5.89 Å². The highest BCUT2D eigenvalue weighted by atomic mass is 16.5. The van der Waals surface area contributed by atoms with Crippen LogP contribution in [-0.2, 0) is 12.8 Å². The van der Waals surface area contributed by atoms with E-state index in [-0.39, 0.29) is 6.04 Å². The van der Waals surface area contributed by atoms with Crippen molar-refractivity contribution >= 4 is 0 Å². The Morgan fingerprint density at radius 2 is 1.38 bits per heavy atom. The molecule has 0 fully saturated rings. The van der Waals surface area contributed by atoms with Crippen LogP contribution in [0.2, 0.25) is 0 Å². The number of unbranched alkanes of at least 4 members (excludes halogenated alkanes) is 8. The highest BCUT2D eigenvalue weighted by Gasteiger charge is 2.13. The SMILES string of the molecule is CCCCCCCCCCCc1noc(-c2cccc(C(N)Cc3cccc(-c4ccccc4)c3)c2)n1. The first-order valence-corrected chi connectivity index (χ1v) is 14.1. The summed E-state index contributed by atoms with van der Waals surface area (Å²) in [5.41, 5.74) is 12.3. The molecule has 4 heteroatoms. The van der Waals surface area contributed by atoms with Crippen LogP contribution in [0.5, 0.6) is 0 Å². The number of aryl methyl sites for hydroxylation is 1. The van der Waals surface area contributed by atoms with Crippen molar-refractivity contribution in [1.82, 2.24) is 10.1 Å². The van der Waals surface area contributed by atoms with Gasteiger partial charge in [0.1, 0.15) is 0 Å². The Balaban J connectivity index is 1.28. The van der Waals surface area contributed by atoms with Crippen LogP contribution < -0.4 is 5.73 Å². The molecule has 4 rings (SSSR count). The van der Waals surface area contributed by atoms with Crippen molar-refractivity contribution < 1.29 is 4.52 Å². The number of hydrogen-bond donors (Lipinski definition) is 1. The minimum atomic E-state index is -0.115. The molecule has 1 aromatic heterocycles. The molecule has 194 valence electrons. The Labute approximate surface area is 222 Å². The largest absolute Gasteiger partial charge is 0.334 e. The quantitative estimate of drug-likeness (QED) is 0.167. The Morgan fingerprint density at radius 1 is 0.703 bits per heavy atom. The summed E-state index contributed by atoms with van der Waals surface area (Å²) in [6, 6.07) is 27.2. The van der Waals surface area contributed by atoms with Crippen LogP contribution in [0.25, 0.3) is 22.6 Å². The molecular formula is C33H41N3O. The maximum Gasteiger partial charge on any atom is 0.257 e. The van der Waals surface area contributed by atoms with Crippen LogP contribution in [0.3, 0.4) is 0 Å². The second-order valence-corrected chi connectivity index (χ2v) is 10.1. The molecule has 0 bridgehead atoms. The second kappa shape index (κ2) is 14.5. The van der Waals surface area contributed by atoms with E-state index in [9.17, 15) is 0 Å². The van der Waals surface area contributed by atoms with E-state index in [1.807, 2.05) is 18.2 Å². The van der Waals surface area contributed by atoms with Gasteiger partial charge in [-0.25, -0.2) is 0 Å². The summed E-state index contributed by atoms with van der Waals surface area (Å²) in [7, 11) is 0. The molecule has 4 nitrogen and oxygen atoms in total. The predicted octanol–water partition coefficient (Wildman–Crippen LogP) is 8.72. The fraction of sp³-hybridized carbons (Fsp3) is 0.394. The molecule has 0 amide bonds. The van der Waals surface area contributed by atoms with E-state index in [4.69, 9.17) is 10.3 Å². The molecule has 37 heavy (non-hydrogen) atoms. The van der Waals surface area contributed by atoms with Gasteiger partial charge in [0.15, 0.2) is 5.82 Å². The average molecular weight is 496 g/mol. The Kier molecular flexibility index (Phi) is 10.5. The van der Waals surface area contributed by atoms with Gasteiger partial charge in [-0.3, -0.25) is 0 Å². The minimum Gasteiger partial charge on any atom is -0.334 e. The molecule has 1 heterocycles. The zero-order valence-electron chi connectivity index (χ0n) is 22.2. The molecule has 0 radical (unpaired) electrons. The molecule has 0 aliphatic carbocycles. The molecule has 0 saturated carbocycles. The summed E-state index contributed by atoms with van der Waals surface area (Å²) in [6.45, 7) is 2.27. The Morgan fingerprint density at radius 3 is 2.16 bits per heavy atom. The van der Waals surface area contributed by atoms with Crippen LogP contribution in [-0.4, -0.2) is 10.1 Å². The van der Waals surface area contributed by atoms with Gasteiger partial charge in [0.05, 0.1) is 0 Å². The van der Waals surface area contributed by atoms with Crippen molar-refractivity contribution in [3.05, 3.63) is 95.8 Å². The van der Waals surface area contributed by atoms with E-state index in [1.54, 1.807) is 0 Å². The van der Waals surface area contributed by atoms with E-state index < -0.39 is 0 Å². The monoisotopic (exact) mass is 495 g/mol. The van der Waals surface area contributed by atoms with Gasteiger partial charge in [0, 0.05) is 18.0 Å². The lowest BCUT2D eigenvalue weighted by atomic mass is 9.95. The molecule has 4 aromatic rings. The third-order valence-electron chi connectivity index (χ3n) is 7.02. The van der Waals surface area contributed by atoms with Crippen molar-refractivity contribution in [1.29, 1.82) is 0 Å². The van der Waals surface area contributed by atoms with Gasteiger partial charge in [-0.1, -0.05) is 130 Å². The maximum absolute atomic E-state index is 6.64. The van der Waals surface area contributed by atoms with Gasteiger partial charge >= 0.3 is 0 Å². The van der Waals surface area contributed by atoms with Gasteiger partial charge in [-0.05, 0) is 47.2 Å². The first kappa shape index (κ1) is 26.8. The highest BCUT2D eigenvalue weighted by molar-refractivity contribution is 5.64. The van der Waals surface area contributed by atoms with Crippen LogP contribution in [0.4, 0.5) is 0 Å². The summed E-state index contributed by atoms with van der Waals surface area (Å²) in [4.78, 5) is 4.66. The summed E-state index contributed by atoms with van der Waals surface area (Å²) < 4.78 is 5.60. The summed E-state index contributed by atoms with van der Waals surface area (Å²) >= 11 is 0. The molecular weight excluding hydrogens is 454 g/mol. The fourth-order valence-electron chi connectivity index (χ4n) is 4.85. The molecule has 2 N–H and O–H groups in total. The van der Waals surface area contributed by atoms with Gasteiger partial charge in [-0.2, -0.15) is 4.98 Å². The van der Waals surface area contributed by atoms with Crippen LogP contribution in [0.1, 0.15) is 87.7 Å². The van der Waals surface area contributed by atoms with Gasteiger partial charge < -0.3 is 10.3 Å².